The Morgan fingerprint density at radius 1 is 1.42 bits per heavy atom. The molecule has 2 aromatic heterocycles. The monoisotopic (exact) mass is 279 g/mol. The van der Waals surface area contributed by atoms with Gasteiger partial charge in [0.2, 0.25) is 0 Å². The van der Waals surface area contributed by atoms with Crippen LogP contribution in [0, 0.1) is 6.92 Å². The van der Waals surface area contributed by atoms with Crippen molar-refractivity contribution in [3.8, 4) is 10.8 Å². The SMILES string of the molecule is Cc1ncc(-c2nc(C(C)N3CCNCC3)no2)s1. The quantitative estimate of drug-likeness (QED) is 0.917. The summed E-state index contributed by atoms with van der Waals surface area (Å²) in [6.45, 7) is 8.16. The first-order valence-electron chi connectivity index (χ1n) is 6.45. The summed E-state index contributed by atoms with van der Waals surface area (Å²) in [5.41, 5.74) is 0. The number of nitrogens with one attached hydrogen (secondary N) is 1. The highest BCUT2D eigenvalue weighted by atomic mass is 32.1. The van der Waals surface area contributed by atoms with Crippen LogP contribution >= 0.6 is 11.3 Å². The maximum absolute atomic E-state index is 5.34. The van der Waals surface area contributed by atoms with Crippen molar-refractivity contribution in [2.45, 2.75) is 19.9 Å². The van der Waals surface area contributed by atoms with Crippen LogP contribution < -0.4 is 5.32 Å². The summed E-state index contributed by atoms with van der Waals surface area (Å²) in [4.78, 5) is 12.0. The second-order valence-corrected chi connectivity index (χ2v) is 5.90. The number of rotatable bonds is 3. The smallest absolute Gasteiger partial charge is 0.269 e. The molecule has 1 fully saturated rings. The first kappa shape index (κ1) is 12.7. The van der Waals surface area contributed by atoms with Crippen LogP contribution in [0.1, 0.15) is 23.8 Å². The number of nitrogens with zero attached hydrogens (tertiary/aromatic N) is 4. The Morgan fingerprint density at radius 2 is 2.21 bits per heavy atom. The van der Waals surface area contributed by atoms with Gasteiger partial charge in [-0.2, -0.15) is 4.98 Å². The molecule has 0 saturated carbocycles. The van der Waals surface area contributed by atoms with Gasteiger partial charge >= 0.3 is 0 Å². The van der Waals surface area contributed by atoms with E-state index < -0.39 is 0 Å². The van der Waals surface area contributed by atoms with Crippen molar-refractivity contribution in [3.05, 3.63) is 17.0 Å². The zero-order valence-electron chi connectivity index (χ0n) is 11.1. The van der Waals surface area contributed by atoms with Gasteiger partial charge in [-0.15, -0.1) is 11.3 Å². The molecule has 3 heterocycles. The summed E-state index contributed by atoms with van der Waals surface area (Å²) < 4.78 is 5.34. The Labute approximate surface area is 115 Å². The van der Waals surface area contributed by atoms with E-state index in [4.69, 9.17) is 4.52 Å². The fourth-order valence-corrected chi connectivity index (χ4v) is 2.90. The summed E-state index contributed by atoms with van der Waals surface area (Å²) >= 11 is 1.57. The average Bonchev–Trinajstić information content (AvgIpc) is 3.07. The van der Waals surface area contributed by atoms with Gasteiger partial charge in [-0.05, 0) is 13.8 Å². The van der Waals surface area contributed by atoms with E-state index in [2.05, 4.69) is 32.3 Å². The molecule has 0 bridgehead atoms. The molecular formula is C12H17N5OS. The summed E-state index contributed by atoms with van der Waals surface area (Å²) in [6, 6.07) is 0.189. The van der Waals surface area contributed by atoms with Gasteiger partial charge in [0.1, 0.15) is 4.88 Å². The molecular weight excluding hydrogens is 262 g/mol. The van der Waals surface area contributed by atoms with Crippen LogP contribution in [0.3, 0.4) is 0 Å². The van der Waals surface area contributed by atoms with E-state index >= 15 is 0 Å². The highest BCUT2D eigenvalue weighted by Crippen LogP contribution is 2.26. The Kier molecular flexibility index (Phi) is 3.58. The van der Waals surface area contributed by atoms with Crippen molar-refractivity contribution in [1.82, 2.24) is 25.3 Å². The van der Waals surface area contributed by atoms with E-state index in [9.17, 15) is 0 Å². The Bertz CT molecular complexity index is 546. The molecule has 0 spiro atoms. The van der Waals surface area contributed by atoms with Crippen molar-refractivity contribution in [1.29, 1.82) is 0 Å². The van der Waals surface area contributed by atoms with Crippen molar-refractivity contribution >= 4 is 11.3 Å². The van der Waals surface area contributed by atoms with Gasteiger partial charge in [0.25, 0.3) is 5.89 Å². The highest BCUT2D eigenvalue weighted by Gasteiger charge is 2.23. The minimum absolute atomic E-state index is 0.189. The number of hydrogen-bond acceptors (Lipinski definition) is 7. The normalized spacial score (nSPS) is 18.6. The molecule has 1 aliphatic heterocycles. The van der Waals surface area contributed by atoms with Gasteiger partial charge in [-0.3, -0.25) is 4.90 Å². The van der Waals surface area contributed by atoms with Crippen LogP contribution in [0.4, 0.5) is 0 Å². The number of hydrogen-bond donors (Lipinski definition) is 1. The molecule has 102 valence electrons. The van der Waals surface area contributed by atoms with Gasteiger partial charge in [-0.25, -0.2) is 4.98 Å². The first-order valence-corrected chi connectivity index (χ1v) is 7.27. The van der Waals surface area contributed by atoms with Crippen LogP contribution in [-0.2, 0) is 0 Å². The van der Waals surface area contributed by atoms with Gasteiger partial charge in [0.05, 0.1) is 17.2 Å². The predicted octanol–water partition coefficient (Wildman–Crippen LogP) is 1.47. The molecule has 1 unspecified atom stereocenters. The van der Waals surface area contributed by atoms with E-state index in [1.54, 1.807) is 17.5 Å². The van der Waals surface area contributed by atoms with Crippen LogP contribution in [0.2, 0.25) is 0 Å². The zero-order valence-corrected chi connectivity index (χ0v) is 11.9. The van der Waals surface area contributed by atoms with Crippen LogP contribution in [0.15, 0.2) is 10.7 Å². The van der Waals surface area contributed by atoms with Gasteiger partial charge in [-0.1, -0.05) is 5.16 Å². The van der Waals surface area contributed by atoms with Gasteiger partial charge < -0.3 is 9.84 Å². The van der Waals surface area contributed by atoms with E-state index in [-0.39, 0.29) is 6.04 Å². The van der Waals surface area contributed by atoms with Crippen molar-refractivity contribution in [2.24, 2.45) is 0 Å². The summed E-state index contributed by atoms with van der Waals surface area (Å²) in [5, 5.41) is 8.45. The second kappa shape index (κ2) is 5.36. The first-order chi connectivity index (χ1) is 9.24. The third-order valence-electron chi connectivity index (χ3n) is 3.35. The third-order valence-corrected chi connectivity index (χ3v) is 4.25. The molecule has 0 radical (unpaired) electrons. The molecule has 1 atom stereocenters. The molecule has 1 N–H and O–H groups in total. The molecule has 19 heavy (non-hydrogen) atoms. The highest BCUT2D eigenvalue weighted by molar-refractivity contribution is 7.14. The molecule has 2 aromatic rings. The number of piperazine rings is 1. The molecule has 1 aliphatic rings. The molecule has 1 saturated heterocycles. The second-order valence-electron chi connectivity index (χ2n) is 4.66. The molecule has 0 aromatic carbocycles. The maximum Gasteiger partial charge on any atom is 0.269 e. The number of aryl methyl sites for hydroxylation is 1. The fourth-order valence-electron chi connectivity index (χ4n) is 2.20. The lowest BCUT2D eigenvalue weighted by Gasteiger charge is -2.30. The lowest BCUT2D eigenvalue weighted by atomic mass is 10.2. The van der Waals surface area contributed by atoms with Gasteiger partial charge in [0, 0.05) is 26.2 Å². The molecule has 6 nitrogen and oxygen atoms in total. The summed E-state index contributed by atoms with van der Waals surface area (Å²) in [5.74, 6) is 1.32. The average molecular weight is 279 g/mol. The van der Waals surface area contributed by atoms with Gasteiger partial charge in [0.15, 0.2) is 5.82 Å². The summed E-state index contributed by atoms with van der Waals surface area (Å²) in [6.07, 6.45) is 1.78. The van der Waals surface area contributed by atoms with Crippen molar-refractivity contribution in [2.75, 3.05) is 26.2 Å². The Balaban J connectivity index is 1.76. The largest absolute Gasteiger partial charge is 0.333 e. The number of thiazole rings is 1. The summed E-state index contributed by atoms with van der Waals surface area (Å²) in [7, 11) is 0. The predicted molar refractivity (Wildman–Crippen MR) is 73.0 cm³/mol. The Hall–Kier alpha value is -1.31. The van der Waals surface area contributed by atoms with E-state index in [0.717, 1.165) is 41.9 Å². The fraction of sp³-hybridized carbons (Fsp3) is 0.583. The zero-order chi connectivity index (χ0) is 13.2. The maximum atomic E-state index is 5.34. The van der Waals surface area contributed by atoms with Crippen molar-refractivity contribution < 1.29 is 4.52 Å². The lowest BCUT2D eigenvalue weighted by molar-refractivity contribution is 0.176. The minimum atomic E-state index is 0.189. The standard InChI is InChI=1S/C12H17N5OS/c1-8(17-5-3-13-4-6-17)11-15-12(18-16-11)10-7-14-9(2)19-10/h7-8,13H,3-6H2,1-2H3. The minimum Gasteiger partial charge on any atom is -0.333 e. The van der Waals surface area contributed by atoms with Crippen LogP contribution in [0.25, 0.3) is 10.8 Å². The lowest BCUT2D eigenvalue weighted by Crippen LogP contribution is -2.44. The van der Waals surface area contributed by atoms with E-state index in [1.165, 1.54) is 0 Å². The molecule has 3 rings (SSSR count). The molecule has 0 amide bonds. The van der Waals surface area contributed by atoms with E-state index in [0.29, 0.717) is 5.89 Å². The third kappa shape index (κ3) is 2.68. The van der Waals surface area contributed by atoms with Crippen molar-refractivity contribution in [3.63, 3.8) is 0 Å². The molecule has 7 heteroatoms. The molecule has 0 aliphatic carbocycles. The van der Waals surface area contributed by atoms with Crippen LogP contribution in [-0.4, -0.2) is 46.2 Å². The topological polar surface area (TPSA) is 67.1 Å². The Morgan fingerprint density at radius 3 is 2.89 bits per heavy atom. The van der Waals surface area contributed by atoms with Crippen LogP contribution in [0.5, 0.6) is 0 Å². The van der Waals surface area contributed by atoms with E-state index in [1.807, 2.05) is 6.92 Å². The number of aromatic nitrogens is 3.